The Kier molecular flexibility index (Phi) is 5.37. The van der Waals surface area contributed by atoms with Crippen molar-refractivity contribution >= 4 is 15.9 Å². The average molecular weight is 329 g/mol. The van der Waals surface area contributed by atoms with E-state index in [0.29, 0.717) is 17.1 Å². The predicted molar refractivity (Wildman–Crippen MR) is 80.5 cm³/mol. The second kappa shape index (κ2) is 6.82. The minimum atomic E-state index is -0.219. The van der Waals surface area contributed by atoms with Crippen LogP contribution in [0.3, 0.4) is 0 Å². The second-order valence-electron chi connectivity index (χ2n) is 5.19. The van der Waals surface area contributed by atoms with Crippen LogP contribution in [0.25, 0.3) is 0 Å². The fourth-order valence-electron chi connectivity index (χ4n) is 3.15. The largest absolute Gasteiger partial charge is 0.329 e. The Labute approximate surface area is 123 Å². The van der Waals surface area contributed by atoms with Crippen LogP contribution >= 0.6 is 15.9 Å². The van der Waals surface area contributed by atoms with Gasteiger partial charge in [-0.3, -0.25) is 4.90 Å². The van der Waals surface area contributed by atoms with Crippen LogP contribution < -0.4 is 5.73 Å². The minimum absolute atomic E-state index is 0.185. The van der Waals surface area contributed by atoms with Crippen molar-refractivity contribution in [2.45, 2.75) is 44.7 Å². The summed E-state index contributed by atoms with van der Waals surface area (Å²) in [6.45, 7) is 3.74. The number of nitrogens with two attached hydrogens (primary N) is 1. The molecule has 4 heteroatoms. The van der Waals surface area contributed by atoms with Gasteiger partial charge in [0.15, 0.2) is 0 Å². The summed E-state index contributed by atoms with van der Waals surface area (Å²) >= 11 is 3.26. The molecule has 1 fully saturated rings. The normalized spacial score (nSPS) is 18.2. The van der Waals surface area contributed by atoms with Crippen molar-refractivity contribution < 1.29 is 4.39 Å². The first-order chi connectivity index (χ1) is 9.17. The van der Waals surface area contributed by atoms with Gasteiger partial charge in [-0.1, -0.05) is 25.8 Å². The van der Waals surface area contributed by atoms with E-state index in [4.69, 9.17) is 5.73 Å². The van der Waals surface area contributed by atoms with E-state index < -0.39 is 0 Å². The lowest BCUT2D eigenvalue weighted by Gasteiger charge is -2.35. The molecule has 0 radical (unpaired) electrons. The van der Waals surface area contributed by atoms with E-state index in [1.807, 2.05) is 12.1 Å². The molecule has 2 nitrogen and oxygen atoms in total. The Balaban J connectivity index is 2.23. The SMILES string of the molecule is CCN(C1CCCC1)C(CN)c1ccc(F)c(Br)c1. The fourth-order valence-corrected chi connectivity index (χ4v) is 3.55. The van der Waals surface area contributed by atoms with Gasteiger partial charge < -0.3 is 5.73 Å². The van der Waals surface area contributed by atoms with Crippen LogP contribution in [0.5, 0.6) is 0 Å². The van der Waals surface area contributed by atoms with Crippen LogP contribution in [-0.4, -0.2) is 24.0 Å². The molecule has 0 aromatic heterocycles. The topological polar surface area (TPSA) is 29.3 Å². The van der Waals surface area contributed by atoms with Crippen molar-refractivity contribution in [1.82, 2.24) is 4.90 Å². The Bertz CT molecular complexity index is 419. The molecule has 2 N–H and O–H groups in total. The Morgan fingerprint density at radius 3 is 2.63 bits per heavy atom. The fraction of sp³-hybridized carbons (Fsp3) is 0.600. The standard InChI is InChI=1S/C15H22BrFN2/c1-2-19(12-5-3-4-6-12)15(10-18)11-7-8-14(17)13(16)9-11/h7-9,12,15H,2-6,10,18H2,1H3. The van der Waals surface area contributed by atoms with Crippen LogP contribution in [0, 0.1) is 5.82 Å². The van der Waals surface area contributed by atoms with E-state index in [1.165, 1.54) is 31.7 Å². The third-order valence-corrected chi connectivity index (χ3v) is 4.72. The third kappa shape index (κ3) is 3.36. The van der Waals surface area contributed by atoms with Gasteiger partial charge in [-0.2, -0.15) is 0 Å². The van der Waals surface area contributed by atoms with Gasteiger partial charge in [0.25, 0.3) is 0 Å². The summed E-state index contributed by atoms with van der Waals surface area (Å²) < 4.78 is 13.9. The minimum Gasteiger partial charge on any atom is -0.329 e. The summed E-state index contributed by atoms with van der Waals surface area (Å²) in [6, 6.07) is 6.05. The van der Waals surface area contributed by atoms with Gasteiger partial charge in [-0.15, -0.1) is 0 Å². The lowest BCUT2D eigenvalue weighted by molar-refractivity contribution is 0.147. The number of hydrogen-bond donors (Lipinski definition) is 1. The van der Waals surface area contributed by atoms with Crippen molar-refractivity contribution in [1.29, 1.82) is 0 Å². The predicted octanol–water partition coefficient (Wildman–Crippen LogP) is 3.85. The molecule has 19 heavy (non-hydrogen) atoms. The van der Waals surface area contributed by atoms with Crippen molar-refractivity contribution in [2.24, 2.45) is 5.73 Å². The molecule has 1 aromatic rings. The van der Waals surface area contributed by atoms with Crippen molar-refractivity contribution in [2.75, 3.05) is 13.1 Å². The highest BCUT2D eigenvalue weighted by Crippen LogP contribution is 2.31. The molecule has 106 valence electrons. The van der Waals surface area contributed by atoms with Crippen LogP contribution in [0.15, 0.2) is 22.7 Å². The first-order valence-corrected chi connectivity index (χ1v) is 7.87. The molecule has 1 aliphatic carbocycles. The van der Waals surface area contributed by atoms with E-state index in [1.54, 1.807) is 0 Å². The third-order valence-electron chi connectivity index (χ3n) is 4.11. The number of hydrogen-bond acceptors (Lipinski definition) is 2. The summed E-state index contributed by atoms with van der Waals surface area (Å²) in [5.74, 6) is -0.219. The molecule has 0 aliphatic heterocycles. The van der Waals surface area contributed by atoms with Crippen LogP contribution in [0.2, 0.25) is 0 Å². The van der Waals surface area contributed by atoms with Gasteiger partial charge in [0, 0.05) is 18.6 Å². The summed E-state index contributed by atoms with van der Waals surface area (Å²) in [5, 5.41) is 0. The summed E-state index contributed by atoms with van der Waals surface area (Å²) in [7, 11) is 0. The van der Waals surface area contributed by atoms with E-state index in [-0.39, 0.29) is 11.9 Å². The maximum Gasteiger partial charge on any atom is 0.137 e. The molecule has 1 aliphatic rings. The molecular weight excluding hydrogens is 307 g/mol. The number of likely N-dealkylation sites (N-methyl/N-ethyl adjacent to an activating group) is 1. The number of halogens is 2. The monoisotopic (exact) mass is 328 g/mol. The smallest absolute Gasteiger partial charge is 0.137 e. The molecule has 0 heterocycles. The van der Waals surface area contributed by atoms with Crippen molar-refractivity contribution in [3.63, 3.8) is 0 Å². The van der Waals surface area contributed by atoms with Gasteiger partial charge in [0.1, 0.15) is 5.82 Å². The number of rotatable bonds is 5. The lowest BCUT2D eigenvalue weighted by Crippen LogP contribution is -2.40. The highest BCUT2D eigenvalue weighted by atomic mass is 79.9. The van der Waals surface area contributed by atoms with Crippen molar-refractivity contribution in [3.8, 4) is 0 Å². The molecule has 0 saturated heterocycles. The Hall–Kier alpha value is -0.450. The van der Waals surface area contributed by atoms with Gasteiger partial charge in [0.05, 0.1) is 4.47 Å². The zero-order valence-electron chi connectivity index (χ0n) is 11.4. The maximum absolute atomic E-state index is 13.4. The van der Waals surface area contributed by atoms with Gasteiger partial charge in [-0.05, 0) is 53.0 Å². The van der Waals surface area contributed by atoms with Crippen molar-refractivity contribution in [3.05, 3.63) is 34.1 Å². The highest BCUT2D eigenvalue weighted by Gasteiger charge is 2.28. The molecule has 1 aromatic carbocycles. The number of benzene rings is 1. The van der Waals surface area contributed by atoms with Gasteiger partial charge >= 0.3 is 0 Å². The second-order valence-corrected chi connectivity index (χ2v) is 6.05. The molecular formula is C15H22BrFN2. The first-order valence-electron chi connectivity index (χ1n) is 7.08. The summed E-state index contributed by atoms with van der Waals surface area (Å²) in [6.07, 6.45) is 5.14. The Morgan fingerprint density at radius 2 is 2.11 bits per heavy atom. The van der Waals surface area contributed by atoms with Gasteiger partial charge in [0.2, 0.25) is 0 Å². The zero-order chi connectivity index (χ0) is 13.8. The van der Waals surface area contributed by atoms with E-state index in [2.05, 4.69) is 27.8 Å². The molecule has 1 atom stereocenters. The quantitative estimate of drug-likeness (QED) is 0.889. The van der Waals surface area contributed by atoms with E-state index in [9.17, 15) is 4.39 Å². The van der Waals surface area contributed by atoms with E-state index >= 15 is 0 Å². The van der Waals surface area contributed by atoms with Crippen LogP contribution in [-0.2, 0) is 0 Å². The van der Waals surface area contributed by atoms with Crippen LogP contribution in [0.1, 0.15) is 44.2 Å². The van der Waals surface area contributed by atoms with Crippen LogP contribution in [0.4, 0.5) is 4.39 Å². The summed E-state index contributed by atoms with van der Waals surface area (Å²) in [5.41, 5.74) is 7.09. The maximum atomic E-state index is 13.4. The molecule has 0 spiro atoms. The highest BCUT2D eigenvalue weighted by molar-refractivity contribution is 9.10. The molecule has 0 bridgehead atoms. The Morgan fingerprint density at radius 1 is 1.42 bits per heavy atom. The number of nitrogens with zero attached hydrogens (tertiary/aromatic N) is 1. The van der Waals surface area contributed by atoms with E-state index in [0.717, 1.165) is 12.1 Å². The molecule has 1 unspecified atom stereocenters. The summed E-state index contributed by atoms with van der Waals surface area (Å²) in [4.78, 5) is 2.48. The average Bonchev–Trinajstić information content (AvgIpc) is 2.93. The molecule has 2 rings (SSSR count). The molecule has 1 saturated carbocycles. The van der Waals surface area contributed by atoms with Gasteiger partial charge in [-0.25, -0.2) is 4.39 Å². The first kappa shape index (κ1) is 14.9. The lowest BCUT2D eigenvalue weighted by atomic mass is 10.0. The zero-order valence-corrected chi connectivity index (χ0v) is 13.0. The molecule has 0 amide bonds.